The second-order valence-electron chi connectivity index (χ2n) is 4.46. The molecule has 2 aromatic carbocycles. The van der Waals surface area contributed by atoms with E-state index in [-0.39, 0.29) is 0 Å². The molecule has 1 aromatic heterocycles. The first kappa shape index (κ1) is 12.4. The first-order valence-corrected chi connectivity index (χ1v) is 6.68. The van der Waals surface area contributed by atoms with Crippen molar-refractivity contribution in [2.45, 2.75) is 6.54 Å². The Kier molecular flexibility index (Phi) is 3.13. The van der Waals surface area contributed by atoms with E-state index in [2.05, 4.69) is 4.57 Å². The lowest BCUT2D eigenvalue weighted by Crippen LogP contribution is -1.99. The maximum atomic E-state index is 6.20. The summed E-state index contributed by atoms with van der Waals surface area (Å²) in [5.41, 5.74) is 8.83. The van der Waals surface area contributed by atoms with Crippen molar-refractivity contribution in [3.8, 4) is 0 Å². The number of fused-ring (bicyclic) bond motifs is 1. The largest absolute Gasteiger partial charge is 0.398 e. The second kappa shape index (κ2) is 4.80. The summed E-state index contributed by atoms with van der Waals surface area (Å²) in [5.74, 6) is 0. The van der Waals surface area contributed by atoms with Gasteiger partial charge in [-0.1, -0.05) is 29.3 Å². The van der Waals surface area contributed by atoms with Gasteiger partial charge >= 0.3 is 0 Å². The lowest BCUT2D eigenvalue weighted by Gasteiger charge is -2.08. The molecule has 0 bridgehead atoms. The molecular weight excluding hydrogens is 279 g/mol. The molecule has 0 aliphatic heterocycles. The number of hydrogen-bond acceptors (Lipinski definition) is 1. The van der Waals surface area contributed by atoms with Crippen LogP contribution in [0.2, 0.25) is 10.0 Å². The Balaban J connectivity index is 2.06. The van der Waals surface area contributed by atoms with Gasteiger partial charge in [0.25, 0.3) is 0 Å². The van der Waals surface area contributed by atoms with Crippen LogP contribution in [-0.4, -0.2) is 4.57 Å². The molecule has 3 aromatic rings. The summed E-state index contributed by atoms with van der Waals surface area (Å²) in [5, 5.41) is 2.46. The van der Waals surface area contributed by atoms with Crippen molar-refractivity contribution in [1.82, 2.24) is 4.57 Å². The highest BCUT2D eigenvalue weighted by Gasteiger charge is 2.06. The van der Waals surface area contributed by atoms with Gasteiger partial charge in [0.1, 0.15) is 0 Å². The van der Waals surface area contributed by atoms with Crippen LogP contribution in [-0.2, 0) is 6.54 Å². The van der Waals surface area contributed by atoms with Gasteiger partial charge in [-0.3, -0.25) is 0 Å². The van der Waals surface area contributed by atoms with Crippen molar-refractivity contribution in [3.63, 3.8) is 0 Å². The first-order chi connectivity index (χ1) is 9.15. The Labute approximate surface area is 121 Å². The average Bonchev–Trinajstić information content (AvgIpc) is 2.79. The Bertz CT molecular complexity index is 747. The molecule has 96 valence electrons. The number of halogens is 2. The van der Waals surface area contributed by atoms with E-state index in [1.807, 2.05) is 42.6 Å². The topological polar surface area (TPSA) is 30.9 Å². The molecule has 3 rings (SSSR count). The van der Waals surface area contributed by atoms with Crippen LogP contribution in [0.15, 0.2) is 48.7 Å². The molecule has 2 nitrogen and oxygen atoms in total. The third-order valence-electron chi connectivity index (χ3n) is 3.20. The zero-order valence-corrected chi connectivity index (χ0v) is 11.6. The van der Waals surface area contributed by atoms with Crippen LogP contribution >= 0.6 is 23.2 Å². The van der Waals surface area contributed by atoms with Crippen LogP contribution in [0.25, 0.3) is 10.9 Å². The zero-order chi connectivity index (χ0) is 13.4. The van der Waals surface area contributed by atoms with Crippen molar-refractivity contribution in [2.75, 3.05) is 5.73 Å². The summed E-state index contributed by atoms with van der Waals surface area (Å²) in [6, 6.07) is 13.4. The smallest absolute Gasteiger partial charge is 0.0504 e. The minimum absolute atomic E-state index is 0.673. The van der Waals surface area contributed by atoms with Crippen LogP contribution in [0, 0.1) is 0 Å². The van der Waals surface area contributed by atoms with E-state index >= 15 is 0 Å². The van der Waals surface area contributed by atoms with E-state index < -0.39 is 0 Å². The maximum absolute atomic E-state index is 6.20. The van der Waals surface area contributed by atoms with Crippen LogP contribution in [0.3, 0.4) is 0 Å². The third kappa shape index (κ3) is 2.29. The van der Waals surface area contributed by atoms with Gasteiger partial charge in [0, 0.05) is 33.9 Å². The third-order valence-corrected chi connectivity index (χ3v) is 3.80. The molecule has 4 heteroatoms. The highest BCUT2D eigenvalue weighted by Crippen LogP contribution is 2.26. The number of anilines is 1. The fourth-order valence-corrected chi connectivity index (χ4v) is 2.61. The van der Waals surface area contributed by atoms with Crippen molar-refractivity contribution < 1.29 is 0 Å². The van der Waals surface area contributed by atoms with Crippen molar-refractivity contribution in [3.05, 3.63) is 64.3 Å². The molecule has 0 atom stereocenters. The lowest BCUT2D eigenvalue weighted by atomic mass is 10.2. The van der Waals surface area contributed by atoms with Crippen molar-refractivity contribution in [1.29, 1.82) is 0 Å². The predicted molar refractivity (Wildman–Crippen MR) is 81.9 cm³/mol. The van der Waals surface area contributed by atoms with Crippen LogP contribution in [0.4, 0.5) is 5.69 Å². The number of nitrogen functional groups attached to an aromatic ring is 1. The summed E-state index contributed by atoms with van der Waals surface area (Å²) in [6.07, 6.45) is 2.01. The molecule has 0 fully saturated rings. The van der Waals surface area contributed by atoms with E-state index in [1.165, 1.54) is 0 Å². The van der Waals surface area contributed by atoms with Gasteiger partial charge in [0.05, 0.1) is 5.52 Å². The number of nitrogens with zero attached hydrogens (tertiary/aromatic N) is 1. The Morgan fingerprint density at radius 2 is 1.89 bits per heavy atom. The van der Waals surface area contributed by atoms with Crippen molar-refractivity contribution >= 4 is 39.8 Å². The van der Waals surface area contributed by atoms with Gasteiger partial charge in [0.2, 0.25) is 0 Å². The van der Waals surface area contributed by atoms with Crippen LogP contribution in [0.5, 0.6) is 0 Å². The molecule has 0 saturated heterocycles. The maximum Gasteiger partial charge on any atom is 0.0504 e. The van der Waals surface area contributed by atoms with E-state index in [1.54, 1.807) is 6.07 Å². The normalized spacial score (nSPS) is 11.1. The number of nitrogens with two attached hydrogens (primary N) is 1. The molecule has 0 spiro atoms. The van der Waals surface area contributed by atoms with E-state index in [9.17, 15) is 0 Å². The van der Waals surface area contributed by atoms with Gasteiger partial charge in [-0.05, 0) is 42.0 Å². The number of aromatic nitrogens is 1. The molecule has 0 saturated carbocycles. The first-order valence-electron chi connectivity index (χ1n) is 5.92. The molecule has 0 aliphatic carbocycles. The Morgan fingerprint density at radius 1 is 1.05 bits per heavy atom. The quantitative estimate of drug-likeness (QED) is 0.688. The number of rotatable bonds is 2. The van der Waals surface area contributed by atoms with Crippen LogP contribution < -0.4 is 5.73 Å². The highest BCUT2D eigenvalue weighted by molar-refractivity contribution is 6.33. The fourth-order valence-electron chi connectivity index (χ4n) is 2.23. The molecule has 0 radical (unpaired) electrons. The molecule has 2 N–H and O–H groups in total. The molecule has 0 amide bonds. The average molecular weight is 291 g/mol. The van der Waals surface area contributed by atoms with Crippen LogP contribution in [0.1, 0.15) is 5.56 Å². The molecule has 1 heterocycles. The Hall–Kier alpha value is -1.64. The highest BCUT2D eigenvalue weighted by atomic mass is 35.5. The monoisotopic (exact) mass is 290 g/mol. The summed E-state index contributed by atoms with van der Waals surface area (Å²) in [7, 11) is 0. The summed E-state index contributed by atoms with van der Waals surface area (Å²) >= 11 is 12.2. The SMILES string of the molecule is Nc1cccc2c1ccn2Cc1cc(Cl)ccc1Cl. The van der Waals surface area contributed by atoms with Gasteiger partial charge in [0.15, 0.2) is 0 Å². The lowest BCUT2D eigenvalue weighted by molar-refractivity contribution is 0.837. The van der Waals surface area contributed by atoms with Crippen molar-refractivity contribution in [2.24, 2.45) is 0 Å². The molecule has 19 heavy (non-hydrogen) atoms. The molecule has 0 unspecified atom stereocenters. The minimum atomic E-state index is 0.673. The summed E-state index contributed by atoms with van der Waals surface area (Å²) in [4.78, 5) is 0. The minimum Gasteiger partial charge on any atom is -0.398 e. The molecule has 0 aliphatic rings. The van der Waals surface area contributed by atoms with Gasteiger partial charge in [-0.25, -0.2) is 0 Å². The van der Waals surface area contributed by atoms with Gasteiger partial charge in [-0.2, -0.15) is 0 Å². The number of benzene rings is 2. The van der Waals surface area contributed by atoms with Gasteiger partial charge < -0.3 is 10.3 Å². The zero-order valence-electron chi connectivity index (χ0n) is 10.1. The molecular formula is C15H12Cl2N2. The Morgan fingerprint density at radius 3 is 2.74 bits per heavy atom. The predicted octanol–water partition coefficient (Wildman–Crippen LogP) is 4.58. The second-order valence-corrected chi connectivity index (χ2v) is 5.30. The van der Waals surface area contributed by atoms with E-state index in [0.29, 0.717) is 11.6 Å². The van der Waals surface area contributed by atoms with E-state index in [0.717, 1.165) is 27.2 Å². The fraction of sp³-hybridized carbons (Fsp3) is 0.0667. The van der Waals surface area contributed by atoms with Gasteiger partial charge in [-0.15, -0.1) is 0 Å². The van der Waals surface area contributed by atoms with E-state index in [4.69, 9.17) is 28.9 Å². The summed E-state index contributed by atoms with van der Waals surface area (Å²) < 4.78 is 2.11. The summed E-state index contributed by atoms with van der Waals surface area (Å²) in [6.45, 7) is 0.673. The number of hydrogen-bond donors (Lipinski definition) is 1. The standard InChI is InChI=1S/C15H12Cl2N2/c16-11-4-5-13(17)10(8-11)9-19-7-6-12-14(18)2-1-3-15(12)19/h1-8H,9,18H2.